The van der Waals surface area contributed by atoms with E-state index in [0.29, 0.717) is 0 Å². The standard InChI is InChI=1S/C22H36F3NO6SSi/c1-20(2,3)31-19(27)26-18(15-10-12-16(13-11-15)22(23,24)25)17(32-33(7,28)29)14-30-34(8,9)21(4,5)6/h10-13,17-18H,14H2,1-9H3,(H,26,27)/t17-,18-/m0/s1. The number of amides is 1. The van der Waals surface area contributed by atoms with Gasteiger partial charge in [-0.05, 0) is 56.6 Å². The highest BCUT2D eigenvalue weighted by atomic mass is 32.2. The van der Waals surface area contributed by atoms with E-state index in [2.05, 4.69) is 5.32 Å². The van der Waals surface area contributed by atoms with E-state index in [0.717, 1.165) is 30.5 Å². The highest BCUT2D eigenvalue weighted by Crippen LogP contribution is 2.37. The second-order valence-corrected chi connectivity index (χ2v) is 17.1. The van der Waals surface area contributed by atoms with Crippen molar-refractivity contribution in [3.63, 3.8) is 0 Å². The molecule has 0 saturated carbocycles. The van der Waals surface area contributed by atoms with Crippen LogP contribution in [0.25, 0.3) is 0 Å². The molecule has 7 nitrogen and oxygen atoms in total. The van der Waals surface area contributed by atoms with Gasteiger partial charge in [-0.15, -0.1) is 0 Å². The zero-order chi connectivity index (χ0) is 26.8. The van der Waals surface area contributed by atoms with Gasteiger partial charge in [-0.2, -0.15) is 21.6 Å². The van der Waals surface area contributed by atoms with Crippen molar-refractivity contribution in [1.29, 1.82) is 0 Å². The third-order valence-electron chi connectivity index (χ3n) is 5.35. The molecule has 0 fully saturated rings. The number of benzene rings is 1. The van der Waals surface area contributed by atoms with Gasteiger partial charge in [0.15, 0.2) is 8.32 Å². The van der Waals surface area contributed by atoms with Gasteiger partial charge in [0.05, 0.1) is 24.5 Å². The van der Waals surface area contributed by atoms with Gasteiger partial charge >= 0.3 is 12.3 Å². The molecule has 2 atom stereocenters. The SMILES string of the molecule is CC(C)(C)OC(=O)N[C@@H](c1ccc(C(F)(F)F)cc1)[C@H](CO[Si](C)(C)C(C)(C)C)OS(C)(=O)=O. The summed E-state index contributed by atoms with van der Waals surface area (Å²) in [5, 5.41) is 2.35. The van der Waals surface area contributed by atoms with Crippen LogP contribution in [0.2, 0.25) is 18.1 Å². The van der Waals surface area contributed by atoms with Crippen LogP contribution in [0, 0.1) is 0 Å². The van der Waals surface area contributed by atoms with E-state index in [1.54, 1.807) is 20.8 Å². The Hall–Kier alpha value is -1.63. The number of carbonyl (C=O) groups excluding carboxylic acids is 1. The fourth-order valence-corrected chi connectivity index (χ4v) is 4.25. The molecule has 12 heteroatoms. The first-order valence-corrected chi connectivity index (χ1v) is 15.4. The summed E-state index contributed by atoms with van der Waals surface area (Å²) in [6, 6.07) is 2.86. The van der Waals surface area contributed by atoms with Crippen LogP contribution in [0.15, 0.2) is 24.3 Å². The number of hydrogen-bond acceptors (Lipinski definition) is 6. The van der Waals surface area contributed by atoms with E-state index in [1.807, 2.05) is 33.9 Å². The summed E-state index contributed by atoms with van der Waals surface area (Å²) in [6.45, 7) is 14.6. The van der Waals surface area contributed by atoms with Crippen molar-refractivity contribution < 1.29 is 39.7 Å². The molecule has 1 aromatic carbocycles. The van der Waals surface area contributed by atoms with Crippen molar-refractivity contribution >= 4 is 24.5 Å². The van der Waals surface area contributed by atoms with E-state index >= 15 is 0 Å². The molecule has 1 aromatic rings. The maximum atomic E-state index is 13.1. The quantitative estimate of drug-likeness (QED) is 0.348. The lowest BCUT2D eigenvalue weighted by Crippen LogP contribution is -2.47. The molecule has 0 spiro atoms. The van der Waals surface area contributed by atoms with E-state index in [-0.39, 0.29) is 17.2 Å². The summed E-state index contributed by atoms with van der Waals surface area (Å²) in [7, 11) is -6.39. The minimum absolute atomic E-state index is 0.200. The fourth-order valence-electron chi connectivity index (χ4n) is 2.62. The van der Waals surface area contributed by atoms with Crippen LogP contribution in [0.4, 0.5) is 18.0 Å². The van der Waals surface area contributed by atoms with E-state index < -0.39 is 54.0 Å². The summed E-state index contributed by atoms with van der Waals surface area (Å²) in [5.41, 5.74) is -1.55. The molecule has 1 rings (SSSR count). The average molecular weight is 528 g/mol. The van der Waals surface area contributed by atoms with Crippen LogP contribution in [0.1, 0.15) is 58.7 Å². The van der Waals surface area contributed by atoms with Crippen LogP contribution in [0.3, 0.4) is 0 Å². The summed E-state index contributed by atoms with van der Waals surface area (Å²) in [4.78, 5) is 12.5. The van der Waals surface area contributed by atoms with Crippen LogP contribution >= 0.6 is 0 Å². The van der Waals surface area contributed by atoms with Crippen LogP contribution in [-0.2, 0) is 29.6 Å². The first-order valence-electron chi connectivity index (χ1n) is 10.7. The van der Waals surface area contributed by atoms with Gasteiger partial charge in [0, 0.05) is 0 Å². The highest BCUT2D eigenvalue weighted by molar-refractivity contribution is 7.86. The molecule has 0 aliphatic heterocycles. The largest absolute Gasteiger partial charge is 0.444 e. The number of halogens is 3. The molecule has 0 radical (unpaired) electrons. The molecule has 0 unspecified atom stereocenters. The van der Waals surface area contributed by atoms with Crippen molar-refractivity contribution in [2.75, 3.05) is 12.9 Å². The normalized spacial score (nSPS) is 15.5. The number of ether oxygens (including phenoxy) is 1. The van der Waals surface area contributed by atoms with Crippen LogP contribution < -0.4 is 5.32 Å². The van der Waals surface area contributed by atoms with Crippen LogP contribution in [-0.4, -0.2) is 47.4 Å². The molecule has 34 heavy (non-hydrogen) atoms. The lowest BCUT2D eigenvalue weighted by atomic mass is 10.0. The second kappa shape index (κ2) is 10.5. The number of alkyl halides is 3. The Morgan fingerprint density at radius 3 is 1.91 bits per heavy atom. The summed E-state index contributed by atoms with van der Waals surface area (Å²) in [5.74, 6) is 0. The lowest BCUT2D eigenvalue weighted by molar-refractivity contribution is -0.137. The smallest absolute Gasteiger partial charge is 0.416 e. The van der Waals surface area contributed by atoms with Gasteiger partial charge in [0.25, 0.3) is 10.1 Å². The predicted octanol–water partition coefficient (Wildman–Crippen LogP) is 5.64. The van der Waals surface area contributed by atoms with Gasteiger partial charge in [-0.1, -0.05) is 32.9 Å². The maximum Gasteiger partial charge on any atom is 0.416 e. The molecule has 1 N–H and O–H groups in total. The van der Waals surface area contributed by atoms with E-state index in [1.165, 1.54) is 0 Å². The van der Waals surface area contributed by atoms with Crippen LogP contribution in [0.5, 0.6) is 0 Å². The molecule has 196 valence electrons. The maximum absolute atomic E-state index is 13.1. The molecule has 0 saturated heterocycles. The van der Waals surface area contributed by atoms with E-state index in [4.69, 9.17) is 13.3 Å². The van der Waals surface area contributed by atoms with Gasteiger partial charge in [0.2, 0.25) is 0 Å². The second-order valence-electron chi connectivity index (χ2n) is 10.7. The minimum atomic E-state index is -4.55. The number of nitrogens with one attached hydrogen (secondary N) is 1. The number of rotatable bonds is 8. The number of alkyl carbamates (subject to hydrolysis) is 1. The van der Waals surface area contributed by atoms with Crippen molar-refractivity contribution in [2.45, 2.75) is 83.6 Å². The van der Waals surface area contributed by atoms with Gasteiger partial charge in [-0.3, -0.25) is 4.18 Å². The Labute approximate surface area is 201 Å². The van der Waals surface area contributed by atoms with Gasteiger partial charge in [0.1, 0.15) is 11.7 Å². The zero-order valence-electron chi connectivity index (χ0n) is 21.2. The van der Waals surface area contributed by atoms with Gasteiger partial charge in [-0.25, -0.2) is 4.79 Å². The summed E-state index contributed by atoms with van der Waals surface area (Å²) < 4.78 is 79.9. The van der Waals surface area contributed by atoms with Gasteiger partial charge < -0.3 is 14.5 Å². The van der Waals surface area contributed by atoms with Crippen molar-refractivity contribution in [1.82, 2.24) is 5.32 Å². The molecule has 0 aliphatic carbocycles. The molecule has 0 aromatic heterocycles. The molecular weight excluding hydrogens is 491 g/mol. The molecular formula is C22H36F3NO6SSi. The predicted molar refractivity (Wildman–Crippen MR) is 126 cm³/mol. The third kappa shape index (κ3) is 9.93. The van der Waals surface area contributed by atoms with Crippen molar-refractivity contribution in [2.24, 2.45) is 0 Å². The minimum Gasteiger partial charge on any atom is -0.444 e. The molecule has 0 aliphatic rings. The first-order chi connectivity index (χ1) is 15.0. The third-order valence-corrected chi connectivity index (χ3v) is 10.5. The summed E-state index contributed by atoms with van der Waals surface area (Å²) >= 11 is 0. The van der Waals surface area contributed by atoms with E-state index in [9.17, 15) is 26.4 Å². The van der Waals surface area contributed by atoms with Crippen molar-refractivity contribution in [3.8, 4) is 0 Å². The number of carbonyl (C=O) groups is 1. The fraction of sp³-hybridized carbons (Fsp3) is 0.682. The Balaban J connectivity index is 3.44. The Bertz CT molecular complexity index is 935. The Morgan fingerprint density at radius 1 is 1.03 bits per heavy atom. The number of hydrogen-bond donors (Lipinski definition) is 1. The topological polar surface area (TPSA) is 90.9 Å². The monoisotopic (exact) mass is 527 g/mol. The Kier molecular flexibility index (Phi) is 9.43. The zero-order valence-corrected chi connectivity index (χ0v) is 23.0. The molecule has 0 heterocycles. The Morgan fingerprint density at radius 2 is 1.53 bits per heavy atom. The molecule has 1 amide bonds. The van der Waals surface area contributed by atoms with Crippen molar-refractivity contribution in [3.05, 3.63) is 35.4 Å². The lowest BCUT2D eigenvalue weighted by Gasteiger charge is -2.38. The molecule has 0 bridgehead atoms. The summed E-state index contributed by atoms with van der Waals surface area (Å²) in [6.07, 6.45) is -5.84. The average Bonchev–Trinajstić information content (AvgIpc) is 2.59. The first kappa shape index (κ1) is 30.4. The highest BCUT2D eigenvalue weighted by Gasteiger charge is 2.40.